The first-order valence-corrected chi connectivity index (χ1v) is 7.53. The minimum Gasteiger partial charge on any atom is -0.332 e. The third kappa shape index (κ3) is 3.15. The fraction of sp³-hybridized carbons (Fsp3) is 0.300. The van der Waals surface area contributed by atoms with Gasteiger partial charge in [0.25, 0.3) is 10.0 Å². The molecule has 0 unspecified atom stereocenters. The van der Waals surface area contributed by atoms with E-state index in [0.29, 0.717) is 18.8 Å². The minimum atomic E-state index is -3.46. The van der Waals surface area contributed by atoms with Crippen LogP contribution >= 0.6 is 11.3 Å². The van der Waals surface area contributed by atoms with Crippen LogP contribution < -0.4 is 4.72 Å². The highest BCUT2D eigenvalue weighted by Crippen LogP contribution is 2.07. The van der Waals surface area contributed by atoms with E-state index in [-0.39, 0.29) is 5.03 Å². The first-order chi connectivity index (χ1) is 8.08. The number of rotatable bonds is 5. The molecule has 5 nitrogen and oxygen atoms in total. The Morgan fingerprint density at radius 2 is 2.35 bits per heavy atom. The summed E-state index contributed by atoms with van der Waals surface area (Å²) in [5.74, 6) is 0.586. The second-order valence-corrected chi connectivity index (χ2v) is 6.13. The van der Waals surface area contributed by atoms with Crippen molar-refractivity contribution in [2.45, 2.75) is 18.4 Å². The fourth-order valence-electron chi connectivity index (χ4n) is 1.38. The lowest BCUT2D eigenvalue weighted by molar-refractivity contribution is 0.578. The first-order valence-electron chi connectivity index (χ1n) is 5.10. The monoisotopic (exact) mass is 271 g/mol. The molecule has 0 spiro atoms. The maximum absolute atomic E-state index is 11.8. The van der Waals surface area contributed by atoms with E-state index in [1.54, 1.807) is 18.3 Å². The van der Waals surface area contributed by atoms with Crippen molar-refractivity contribution in [3.05, 3.63) is 34.4 Å². The van der Waals surface area contributed by atoms with E-state index in [0.717, 1.165) is 5.56 Å². The van der Waals surface area contributed by atoms with Gasteiger partial charge in [-0.25, -0.2) is 18.1 Å². The summed E-state index contributed by atoms with van der Waals surface area (Å²) in [6.07, 6.45) is 2.01. The number of sulfonamides is 1. The van der Waals surface area contributed by atoms with E-state index in [2.05, 4.69) is 14.7 Å². The van der Waals surface area contributed by atoms with Crippen LogP contribution in [-0.2, 0) is 16.4 Å². The zero-order chi connectivity index (χ0) is 12.3. The van der Waals surface area contributed by atoms with Gasteiger partial charge >= 0.3 is 0 Å². The Morgan fingerprint density at radius 3 is 2.94 bits per heavy atom. The number of hydrogen-bond acceptors (Lipinski definition) is 4. The van der Waals surface area contributed by atoms with E-state index >= 15 is 0 Å². The van der Waals surface area contributed by atoms with E-state index in [1.807, 2.05) is 16.8 Å². The van der Waals surface area contributed by atoms with Gasteiger partial charge in [-0.3, -0.25) is 0 Å². The summed E-state index contributed by atoms with van der Waals surface area (Å²) in [5.41, 5.74) is 1.14. The topological polar surface area (TPSA) is 74.8 Å². The van der Waals surface area contributed by atoms with E-state index < -0.39 is 10.0 Å². The molecule has 92 valence electrons. The third-order valence-electron chi connectivity index (χ3n) is 2.25. The lowest BCUT2D eigenvalue weighted by Gasteiger charge is -2.03. The molecule has 0 amide bonds. The van der Waals surface area contributed by atoms with Gasteiger partial charge in [-0.05, 0) is 35.7 Å². The maximum Gasteiger partial charge on any atom is 0.257 e. The number of aromatic nitrogens is 2. The largest absolute Gasteiger partial charge is 0.332 e. The Morgan fingerprint density at radius 1 is 1.53 bits per heavy atom. The van der Waals surface area contributed by atoms with Gasteiger partial charge in [-0.2, -0.15) is 11.3 Å². The second kappa shape index (κ2) is 4.99. The van der Waals surface area contributed by atoms with Crippen molar-refractivity contribution in [3.8, 4) is 0 Å². The van der Waals surface area contributed by atoms with Crippen LogP contribution in [0.5, 0.6) is 0 Å². The number of nitrogens with zero attached hydrogens (tertiary/aromatic N) is 1. The zero-order valence-electron chi connectivity index (χ0n) is 9.30. The Hall–Kier alpha value is -1.18. The van der Waals surface area contributed by atoms with Crippen molar-refractivity contribution in [2.24, 2.45) is 0 Å². The van der Waals surface area contributed by atoms with E-state index in [1.165, 1.54) is 6.20 Å². The predicted octanol–water partition coefficient (Wildman–Crippen LogP) is 1.30. The summed E-state index contributed by atoms with van der Waals surface area (Å²) < 4.78 is 26.1. The van der Waals surface area contributed by atoms with Crippen LogP contribution in [0.4, 0.5) is 0 Å². The normalized spacial score (nSPS) is 11.8. The number of aryl methyl sites for hydroxylation is 1. The number of thiophene rings is 1. The fourth-order valence-corrected chi connectivity index (χ4v) is 3.08. The smallest absolute Gasteiger partial charge is 0.257 e. The van der Waals surface area contributed by atoms with Gasteiger partial charge in [0.1, 0.15) is 5.82 Å². The third-order valence-corrected chi connectivity index (χ3v) is 4.36. The Kier molecular flexibility index (Phi) is 3.60. The highest BCUT2D eigenvalue weighted by Gasteiger charge is 2.15. The van der Waals surface area contributed by atoms with Crippen molar-refractivity contribution in [1.82, 2.24) is 14.7 Å². The molecule has 0 aliphatic heterocycles. The molecule has 2 rings (SSSR count). The molecule has 2 N–H and O–H groups in total. The lowest BCUT2D eigenvalue weighted by Crippen LogP contribution is -2.26. The van der Waals surface area contributed by atoms with Crippen LogP contribution in [0.2, 0.25) is 0 Å². The van der Waals surface area contributed by atoms with Crippen LogP contribution in [0, 0.1) is 6.92 Å². The Bertz CT molecular complexity index is 572. The molecular formula is C10H13N3O2S2. The standard InChI is InChI=1S/C10H13N3O2S2/c1-8-11-6-10(13-8)17(14,15)12-4-2-9-3-5-16-7-9/h3,5-7,12H,2,4H2,1H3,(H,11,13). The highest BCUT2D eigenvalue weighted by atomic mass is 32.2. The molecule has 0 fully saturated rings. The first kappa shape index (κ1) is 12.3. The Balaban J connectivity index is 1.94. The van der Waals surface area contributed by atoms with Gasteiger partial charge in [-0.1, -0.05) is 0 Å². The van der Waals surface area contributed by atoms with Gasteiger partial charge in [0.15, 0.2) is 5.03 Å². The summed E-state index contributed by atoms with van der Waals surface area (Å²) in [5, 5.41) is 4.09. The van der Waals surface area contributed by atoms with Crippen LogP contribution in [-0.4, -0.2) is 24.9 Å². The molecule has 2 heterocycles. The molecule has 0 aliphatic rings. The molecule has 0 bridgehead atoms. The minimum absolute atomic E-state index is 0.111. The van der Waals surface area contributed by atoms with Crippen LogP contribution in [0.25, 0.3) is 0 Å². The van der Waals surface area contributed by atoms with Crippen molar-refractivity contribution >= 4 is 21.4 Å². The van der Waals surface area contributed by atoms with E-state index in [4.69, 9.17) is 0 Å². The molecule has 0 saturated carbocycles. The van der Waals surface area contributed by atoms with Gasteiger partial charge in [-0.15, -0.1) is 0 Å². The van der Waals surface area contributed by atoms with Crippen molar-refractivity contribution < 1.29 is 8.42 Å². The summed E-state index contributed by atoms with van der Waals surface area (Å²) in [6.45, 7) is 2.10. The molecule has 2 aromatic rings. The number of nitrogens with one attached hydrogen (secondary N) is 2. The van der Waals surface area contributed by atoms with Crippen LogP contribution in [0.15, 0.2) is 28.0 Å². The zero-order valence-corrected chi connectivity index (χ0v) is 10.9. The quantitative estimate of drug-likeness (QED) is 0.860. The maximum atomic E-state index is 11.8. The summed E-state index contributed by atoms with van der Waals surface area (Å²) in [7, 11) is -3.46. The molecular weight excluding hydrogens is 258 g/mol. The molecule has 0 aromatic carbocycles. The SMILES string of the molecule is Cc1ncc(S(=O)(=O)NCCc2ccsc2)[nH]1. The van der Waals surface area contributed by atoms with Crippen LogP contribution in [0.3, 0.4) is 0 Å². The molecule has 17 heavy (non-hydrogen) atoms. The van der Waals surface area contributed by atoms with Crippen LogP contribution in [0.1, 0.15) is 11.4 Å². The summed E-state index contributed by atoms with van der Waals surface area (Å²) in [6, 6.07) is 1.99. The van der Waals surface area contributed by atoms with Crippen molar-refractivity contribution in [2.75, 3.05) is 6.54 Å². The Labute approximate surface area is 104 Å². The van der Waals surface area contributed by atoms with Crippen molar-refractivity contribution in [3.63, 3.8) is 0 Å². The summed E-state index contributed by atoms with van der Waals surface area (Å²) >= 11 is 1.60. The van der Waals surface area contributed by atoms with Gasteiger partial charge in [0, 0.05) is 6.54 Å². The summed E-state index contributed by atoms with van der Waals surface area (Å²) in [4.78, 5) is 6.57. The van der Waals surface area contributed by atoms with Gasteiger partial charge in [0.05, 0.1) is 6.20 Å². The molecule has 0 aliphatic carbocycles. The second-order valence-electron chi connectivity index (χ2n) is 3.61. The average Bonchev–Trinajstić information content (AvgIpc) is 2.89. The molecule has 0 radical (unpaired) electrons. The molecule has 2 aromatic heterocycles. The number of H-pyrrole nitrogens is 1. The lowest BCUT2D eigenvalue weighted by atomic mass is 10.2. The van der Waals surface area contributed by atoms with Gasteiger partial charge < -0.3 is 4.98 Å². The van der Waals surface area contributed by atoms with E-state index in [9.17, 15) is 8.42 Å². The van der Waals surface area contributed by atoms with Crippen molar-refractivity contribution in [1.29, 1.82) is 0 Å². The number of hydrogen-bond donors (Lipinski definition) is 2. The molecule has 0 atom stereocenters. The number of aromatic amines is 1. The van der Waals surface area contributed by atoms with Gasteiger partial charge in [0.2, 0.25) is 0 Å². The molecule has 7 heteroatoms. The highest BCUT2D eigenvalue weighted by molar-refractivity contribution is 7.89. The predicted molar refractivity (Wildman–Crippen MR) is 66.5 cm³/mol. The molecule has 0 saturated heterocycles. The number of imidazole rings is 1. The average molecular weight is 271 g/mol.